The summed E-state index contributed by atoms with van der Waals surface area (Å²) in [4.78, 5) is 4.08. The Morgan fingerprint density at radius 2 is 1.75 bits per heavy atom. The monoisotopic (exact) mass is 355 g/mol. The van der Waals surface area contributed by atoms with E-state index < -0.39 is 14.6 Å². The lowest BCUT2D eigenvalue weighted by atomic mass is 10.3. The van der Waals surface area contributed by atoms with Crippen LogP contribution in [0.2, 0.25) is 0 Å². The second-order valence-electron chi connectivity index (χ2n) is 6.37. The Morgan fingerprint density at radius 1 is 1.12 bits per heavy atom. The predicted octanol–water partition coefficient (Wildman–Crippen LogP) is 1.83. The first kappa shape index (κ1) is 20.3. The van der Waals surface area contributed by atoms with Crippen LogP contribution in [-0.4, -0.2) is 51.6 Å². The van der Waals surface area contributed by atoms with Crippen LogP contribution in [0.5, 0.6) is 5.75 Å². The number of sulfone groups is 1. The zero-order valence-electron chi connectivity index (χ0n) is 15.0. The van der Waals surface area contributed by atoms with Crippen molar-refractivity contribution in [3.8, 4) is 5.75 Å². The molecule has 0 radical (unpaired) electrons. The molecule has 0 aliphatic rings. The lowest BCUT2D eigenvalue weighted by Gasteiger charge is -2.19. The second-order valence-corrected chi connectivity index (χ2v) is 9.23. The van der Waals surface area contributed by atoms with E-state index in [-0.39, 0.29) is 5.75 Å². The van der Waals surface area contributed by atoms with Crippen molar-refractivity contribution in [3.05, 3.63) is 30.3 Å². The number of nitrogens with zero attached hydrogens (tertiary/aromatic N) is 1. The van der Waals surface area contributed by atoms with Gasteiger partial charge in [0.15, 0.2) is 15.8 Å². The fourth-order valence-corrected chi connectivity index (χ4v) is 2.80. The van der Waals surface area contributed by atoms with Gasteiger partial charge in [-0.15, -0.1) is 0 Å². The molecule has 0 fully saturated rings. The maximum absolute atomic E-state index is 12.0. The standard InChI is InChI=1S/C17H29N3O3S/c1-17(2,3)24(21,22)14-12-20-16(18-4)19-11-8-13-23-15-9-6-5-7-10-15/h5-7,9-10H,8,11-14H2,1-4H3,(H2,18,19,20). The Kier molecular flexibility index (Phi) is 8.04. The number of ether oxygens (including phenoxy) is 1. The van der Waals surface area contributed by atoms with Crippen molar-refractivity contribution in [1.82, 2.24) is 10.6 Å². The second kappa shape index (κ2) is 9.52. The summed E-state index contributed by atoms with van der Waals surface area (Å²) in [6, 6.07) is 9.66. The van der Waals surface area contributed by atoms with Gasteiger partial charge in [0.25, 0.3) is 0 Å². The first-order chi connectivity index (χ1) is 11.3. The Hall–Kier alpha value is -1.76. The number of hydrogen-bond acceptors (Lipinski definition) is 4. The highest BCUT2D eigenvalue weighted by atomic mass is 32.2. The molecule has 0 bridgehead atoms. The molecule has 0 saturated heterocycles. The molecule has 0 saturated carbocycles. The number of guanidine groups is 1. The van der Waals surface area contributed by atoms with Crippen molar-refractivity contribution in [2.45, 2.75) is 31.9 Å². The lowest BCUT2D eigenvalue weighted by molar-refractivity contribution is 0.311. The fourth-order valence-electron chi connectivity index (χ4n) is 1.82. The zero-order chi connectivity index (χ0) is 18.1. The van der Waals surface area contributed by atoms with Gasteiger partial charge >= 0.3 is 0 Å². The molecular formula is C17H29N3O3S. The van der Waals surface area contributed by atoms with Crippen molar-refractivity contribution in [3.63, 3.8) is 0 Å². The van der Waals surface area contributed by atoms with Crippen LogP contribution in [0.3, 0.4) is 0 Å². The van der Waals surface area contributed by atoms with Crippen molar-refractivity contribution in [1.29, 1.82) is 0 Å². The van der Waals surface area contributed by atoms with E-state index in [9.17, 15) is 8.42 Å². The molecule has 24 heavy (non-hydrogen) atoms. The maximum Gasteiger partial charge on any atom is 0.191 e. The van der Waals surface area contributed by atoms with Crippen LogP contribution in [-0.2, 0) is 9.84 Å². The molecule has 0 spiro atoms. The molecule has 0 aromatic heterocycles. The Labute approximate surface area is 145 Å². The molecule has 0 unspecified atom stereocenters. The van der Waals surface area contributed by atoms with Crippen molar-refractivity contribution < 1.29 is 13.2 Å². The molecule has 6 nitrogen and oxygen atoms in total. The summed E-state index contributed by atoms with van der Waals surface area (Å²) in [5, 5.41) is 6.17. The largest absolute Gasteiger partial charge is 0.494 e. The van der Waals surface area contributed by atoms with Crippen LogP contribution in [0.15, 0.2) is 35.3 Å². The molecule has 0 aliphatic carbocycles. The highest BCUT2D eigenvalue weighted by Gasteiger charge is 2.28. The van der Waals surface area contributed by atoms with Gasteiger partial charge in [-0.1, -0.05) is 18.2 Å². The molecule has 1 aromatic rings. The Balaban J connectivity index is 2.21. The summed E-state index contributed by atoms with van der Waals surface area (Å²) in [6.07, 6.45) is 0.815. The normalized spacial score (nSPS) is 12.8. The third-order valence-electron chi connectivity index (χ3n) is 3.45. The van der Waals surface area contributed by atoms with Crippen molar-refractivity contribution in [2.75, 3.05) is 32.5 Å². The highest BCUT2D eigenvalue weighted by Crippen LogP contribution is 2.15. The minimum absolute atomic E-state index is 0.0777. The molecular weight excluding hydrogens is 326 g/mol. The molecule has 0 heterocycles. The van der Waals surface area contributed by atoms with E-state index >= 15 is 0 Å². The van der Waals surface area contributed by atoms with E-state index in [1.807, 2.05) is 30.3 Å². The fraction of sp³-hybridized carbons (Fsp3) is 0.588. The molecule has 7 heteroatoms. The maximum atomic E-state index is 12.0. The molecule has 136 valence electrons. The number of aliphatic imine (C=N–C) groups is 1. The Morgan fingerprint density at radius 3 is 2.33 bits per heavy atom. The van der Waals surface area contributed by atoms with Gasteiger partial charge in [-0.2, -0.15) is 0 Å². The van der Waals surface area contributed by atoms with E-state index in [0.717, 1.165) is 12.2 Å². The first-order valence-corrected chi connectivity index (χ1v) is 9.76. The number of para-hydroxylation sites is 1. The van der Waals surface area contributed by atoms with Gasteiger partial charge in [0.2, 0.25) is 0 Å². The number of benzene rings is 1. The minimum atomic E-state index is -3.13. The first-order valence-electron chi connectivity index (χ1n) is 8.11. The third-order valence-corrected chi connectivity index (χ3v) is 6.05. The van der Waals surface area contributed by atoms with Crippen molar-refractivity contribution in [2.24, 2.45) is 4.99 Å². The predicted molar refractivity (Wildman–Crippen MR) is 99.5 cm³/mol. The van der Waals surface area contributed by atoms with Crippen LogP contribution in [0.25, 0.3) is 0 Å². The number of rotatable bonds is 8. The van der Waals surface area contributed by atoms with E-state index in [0.29, 0.717) is 25.7 Å². The summed E-state index contributed by atoms with van der Waals surface area (Å²) < 4.78 is 28.9. The quantitative estimate of drug-likeness (QED) is 0.422. The molecule has 2 N–H and O–H groups in total. The summed E-state index contributed by atoms with van der Waals surface area (Å²) in [6.45, 7) is 6.76. The van der Waals surface area contributed by atoms with E-state index in [1.54, 1.807) is 27.8 Å². The minimum Gasteiger partial charge on any atom is -0.494 e. The summed E-state index contributed by atoms with van der Waals surface area (Å²) >= 11 is 0. The number of hydrogen-bond donors (Lipinski definition) is 2. The van der Waals surface area contributed by atoms with Gasteiger partial charge in [-0.25, -0.2) is 8.42 Å². The van der Waals surface area contributed by atoms with Gasteiger partial charge in [0.05, 0.1) is 17.1 Å². The molecule has 1 rings (SSSR count). The van der Waals surface area contributed by atoms with E-state index in [1.165, 1.54) is 0 Å². The summed E-state index contributed by atoms with van der Waals surface area (Å²) in [5.41, 5.74) is 0. The van der Waals surface area contributed by atoms with Gasteiger partial charge in [-0.3, -0.25) is 4.99 Å². The third kappa shape index (κ3) is 7.21. The van der Waals surface area contributed by atoms with Crippen LogP contribution in [0, 0.1) is 0 Å². The lowest BCUT2D eigenvalue weighted by Crippen LogP contribution is -2.42. The van der Waals surface area contributed by atoms with E-state index in [2.05, 4.69) is 15.6 Å². The summed E-state index contributed by atoms with van der Waals surface area (Å²) in [5.74, 6) is 1.53. The Bertz CT molecular complexity index is 608. The van der Waals surface area contributed by atoms with E-state index in [4.69, 9.17) is 4.74 Å². The smallest absolute Gasteiger partial charge is 0.191 e. The van der Waals surface area contributed by atoms with Crippen LogP contribution in [0.4, 0.5) is 0 Å². The van der Waals surface area contributed by atoms with Gasteiger partial charge in [0, 0.05) is 20.1 Å². The average Bonchev–Trinajstić information content (AvgIpc) is 2.52. The summed E-state index contributed by atoms with van der Waals surface area (Å²) in [7, 11) is -1.47. The van der Waals surface area contributed by atoms with Crippen LogP contribution < -0.4 is 15.4 Å². The molecule has 0 aliphatic heterocycles. The molecule has 0 amide bonds. The zero-order valence-corrected chi connectivity index (χ0v) is 15.8. The SMILES string of the molecule is CN=C(NCCCOc1ccccc1)NCCS(=O)(=O)C(C)(C)C. The van der Waals surface area contributed by atoms with Gasteiger partial charge in [-0.05, 0) is 39.3 Å². The highest BCUT2D eigenvalue weighted by molar-refractivity contribution is 7.92. The van der Waals surface area contributed by atoms with Crippen LogP contribution in [0.1, 0.15) is 27.2 Å². The van der Waals surface area contributed by atoms with Gasteiger partial charge in [0.1, 0.15) is 5.75 Å². The average molecular weight is 356 g/mol. The molecule has 1 aromatic carbocycles. The topological polar surface area (TPSA) is 79.8 Å². The van der Waals surface area contributed by atoms with Crippen LogP contribution >= 0.6 is 0 Å². The molecule has 0 atom stereocenters. The number of nitrogens with one attached hydrogen (secondary N) is 2. The van der Waals surface area contributed by atoms with Crippen molar-refractivity contribution >= 4 is 15.8 Å². The van der Waals surface area contributed by atoms with Gasteiger partial charge < -0.3 is 15.4 Å².